The molecule has 2 heterocycles. The third-order valence-electron chi connectivity index (χ3n) is 4.48. The molecule has 3 nitrogen and oxygen atoms in total. The van der Waals surface area contributed by atoms with Crippen molar-refractivity contribution in [3.8, 4) is 0 Å². The van der Waals surface area contributed by atoms with Crippen LogP contribution in [0.4, 0.5) is 0 Å². The maximum Gasteiger partial charge on any atom is 0.0605 e. The van der Waals surface area contributed by atoms with Crippen LogP contribution in [0.15, 0.2) is 18.3 Å². The van der Waals surface area contributed by atoms with E-state index < -0.39 is 0 Å². The van der Waals surface area contributed by atoms with Crippen LogP contribution in [0.3, 0.4) is 0 Å². The number of pyridine rings is 1. The Morgan fingerprint density at radius 2 is 2.33 bits per heavy atom. The van der Waals surface area contributed by atoms with Gasteiger partial charge in [-0.1, -0.05) is 12.5 Å². The minimum atomic E-state index is 0.483. The zero-order chi connectivity index (χ0) is 12.4. The van der Waals surface area contributed by atoms with Crippen LogP contribution >= 0.6 is 0 Å². The van der Waals surface area contributed by atoms with Gasteiger partial charge in [-0.05, 0) is 50.9 Å². The Labute approximate surface area is 110 Å². The number of aromatic nitrogens is 1. The molecule has 1 N–H and O–H groups in total. The van der Waals surface area contributed by atoms with Crippen LogP contribution in [0.5, 0.6) is 0 Å². The van der Waals surface area contributed by atoms with Crippen molar-refractivity contribution in [2.45, 2.75) is 44.2 Å². The SMILES string of the molecule is CN1CCCCC1CNC1CCc2cccnc21. The van der Waals surface area contributed by atoms with Crippen LogP contribution in [0.2, 0.25) is 0 Å². The molecule has 0 bridgehead atoms. The Hall–Kier alpha value is -0.930. The van der Waals surface area contributed by atoms with Gasteiger partial charge in [0.2, 0.25) is 0 Å². The Balaban J connectivity index is 1.58. The van der Waals surface area contributed by atoms with Crippen LogP contribution in [0, 0.1) is 0 Å². The largest absolute Gasteiger partial charge is 0.307 e. The molecule has 2 unspecified atom stereocenters. The van der Waals surface area contributed by atoms with Gasteiger partial charge in [-0.15, -0.1) is 0 Å². The summed E-state index contributed by atoms with van der Waals surface area (Å²) in [6.07, 6.45) is 8.40. The van der Waals surface area contributed by atoms with Gasteiger partial charge in [0.1, 0.15) is 0 Å². The molecule has 3 heteroatoms. The predicted octanol–water partition coefficient (Wildman–Crippen LogP) is 2.14. The number of hydrogen-bond acceptors (Lipinski definition) is 3. The Morgan fingerprint density at radius 3 is 3.22 bits per heavy atom. The lowest BCUT2D eigenvalue weighted by Crippen LogP contribution is -2.43. The Morgan fingerprint density at radius 1 is 1.39 bits per heavy atom. The van der Waals surface area contributed by atoms with Crippen molar-refractivity contribution in [1.82, 2.24) is 15.2 Å². The molecule has 1 aliphatic carbocycles. The molecule has 0 saturated carbocycles. The lowest BCUT2D eigenvalue weighted by molar-refractivity contribution is 0.177. The quantitative estimate of drug-likeness (QED) is 0.884. The Bertz CT molecular complexity index is 404. The van der Waals surface area contributed by atoms with Gasteiger partial charge in [0.15, 0.2) is 0 Å². The summed E-state index contributed by atoms with van der Waals surface area (Å²) in [6, 6.07) is 5.47. The lowest BCUT2D eigenvalue weighted by atomic mass is 10.0. The number of aryl methyl sites for hydroxylation is 1. The average Bonchev–Trinajstić information content (AvgIpc) is 2.81. The molecule has 0 radical (unpaired) electrons. The highest BCUT2D eigenvalue weighted by Crippen LogP contribution is 2.29. The van der Waals surface area contributed by atoms with Gasteiger partial charge >= 0.3 is 0 Å². The third kappa shape index (κ3) is 2.43. The number of likely N-dealkylation sites (N-methyl/N-ethyl adjacent to an activating group) is 1. The van der Waals surface area contributed by atoms with Crippen LogP contribution in [-0.2, 0) is 6.42 Å². The second-order valence-electron chi connectivity index (χ2n) is 5.68. The summed E-state index contributed by atoms with van der Waals surface area (Å²) in [7, 11) is 2.26. The summed E-state index contributed by atoms with van der Waals surface area (Å²) in [6.45, 7) is 2.36. The van der Waals surface area contributed by atoms with E-state index in [0.29, 0.717) is 12.1 Å². The fourth-order valence-electron chi connectivity index (χ4n) is 3.29. The highest BCUT2D eigenvalue weighted by Gasteiger charge is 2.25. The van der Waals surface area contributed by atoms with Gasteiger partial charge in [-0.3, -0.25) is 4.98 Å². The molecular formula is C15H23N3. The van der Waals surface area contributed by atoms with Gasteiger partial charge in [0.25, 0.3) is 0 Å². The number of rotatable bonds is 3. The molecule has 1 aromatic heterocycles. The van der Waals surface area contributed by atoms with E-state index in [1.807, 2.05) is 6.20 Å². The number of piperidine rings is 1. The average molecular weight is 245 g/mol. The summed E-state index contributed by atoms with van der Waals surface area (Å²) >= 11 is 0. The predicted molar refractivity (Wildman–Crippen MR) is 73.6 cm³/mol. The van der Waals surface area contributed by atoms with E-state index in [4.69, 9.17) is 0 Å². The molecule has 2 atom stereocenters. The fraction of sp³-hybridized carbons (Fsp3) is 0.667. The molecule has 3 rings (SSSR count). The van der Waals surface area contributed by atoms with Crippen LogP contribution < -0.4 is 5.32 Å². The first-order valence-corrected chi connectivity index (χ1v) is 7.22. The molecule has 1 aromatic rings. The summed E-state index contributed by atoms with van der Waals surface area (Å²) in [4.78, 5) is 7.05. The monoisotopic (exact) mass is 245 g/mol. The smallest absolute Gasteiger partial charge is 0.0605 e. The topological polar surface area (TPSA) is 28.2 Å². The van der Waals surface area contributed by atoms with Crippen molar-refractivity contribution in [2.75, 3.05) is 20.1 Å². The van der Waals surface area contributed by atoms with Crippen molar-refractivity contribution < 1.29 is 0 Å². The molecule has 1 saturated heterocycles. The third-order valence-corrected chi connectivity index (χ3v) is 4.48. The number of fused-ring (bicyclic) bond motifs is 1. The van der Waals surface area contributed by atoms with Crippen molar-refractivity contribution in [2.24, 2.45) is 0 Å². The molecule has 0 aromatic carbocycles. The van der Waals surface area contributed by atoms with Crippen molar-refractivity contribution >= 4 is 0 Å². The van der Waals surface area contributed by atoms with Gasteiger partial charge in [0.05, 0.1) is 11.7 Å². The van der Waals surface area contributed by atoms with Gasteiger partial charge in [-0.2, -0.15) is 0 Å². The summed E-state index contributed by atoms with van der Waals surface area (Å²) in [5.74, 6) is 0. The number of nitrogens with zero attached hydrogens (tertiary/aromatic N) is 2. The molecule has 0 spiro atoms. The zero-order valence-electron chi connectivity index (χ0n) is 11.2. The second-order valence-corrected chi connectivity index (χ2v) is 5.68. The zero-order valence-corrected chi connectivity index (χ0v) is 11.2. The summed E-state index contributed by atoms with van der Waals surface area (Å²) in [5, 5.41) is 3.73. The van der Waals surface area contributed by atoms with E-state index in [1.54, 1.807) is 0 Å². The number of likely N-dealkylation sites (tertiary alicyclic amines) is 1. The molecule has 18 heavy (non-hydrogen) atoms. The minimum absolute atomic E-state index is 0.483. The minimum Gasteiger partial charge on any atom is -0.307 e. The molecule has 98 valence electrons. The van der Waals surface area contributed by atoms with Crippen molar-refractivity contribution in [3.05, 3.63) is 29.6 Å². The molecule has 1 fully saturated rings. The highest BCUT2D eigenvalue weighted by atomic mass is 15.2. The van der Waals surface area contributed by atoms with Crippen LogP contribution in [-0.4, -0.2) is 36.1 Å². The first-order chi connectivity index (χ1) is 8.84. The normalized spacial score (nSPS) is 28.3. The van der Waals surface area contributed by atoms with Crippen LogP contribution in [0.25, 0.3) is 0 Å². The van der Waals surface area contributed by atoms with E-state index in [2.05, 4.69) is 34.4 Å². The van der Waals surface area contributed by atoms with Crippen molar-refractivity contribution in [1.29, 1.82) is 0 Å². The summed E-state index contributed by atoms with van der Waals surface area (Å²) < 4.78 is 0. The van der Waals surface area contributed by atoms with Gasteiger partial charge < -0.3 is 10.2 Å². The molecule has 1 aliphatic heterocycles. The Kier molecular flexibility index (Phi) is 3.62. The van der Waals surface area contributed by atoms with E-state index in [1.165, 1.54) is 49.9 Å². The second kappa shape index (κ2) is 5.37. The maximum atomic E-state index is 4.55. The van der Waals surface area contributed by atoms with Crippen molar-refractivity contribution in [3.63, 3.8) is 0 Å². The standard InChI is InChI=1S/C15H23N3/c1-18-10-3-2-6-13(18)11-17-14-8-7-12-5-4-9-16-15(12)14/h4-5,9,13-14,17H,2-3,6-8,10-11H2,1H3. The first-order valence-electron chi connectivity index (χ1n) is 7.22. The van der Waals surface area contributed by atoms with Gasteiger partial charge in [0, 0.05) is 18.8 Å². The molecule has 0 amide bonds. The number of nitrogens with one attached hydrogen (secondary N) is 1. The lowest BCUT2D eigenvalue weighted by Gasteiger charge is -2.33. The first kappa shape index (κ1) is 12.1. The molecule has 2 aliphatic rings. The maximum absolute atomic E-state index is 4.55. The van der Waals surface area contributed by atoms with E-state index in [-0.39, 0.29) is 0 Å². The fourth-order valence-corrected chi connectivity index (χ4v) is 3.29. The van der Waals surface area contributed by atoms with Gasteiger partial charge in [-0.25, -0.2) is 0 Å². The van der Waals surface area contributed by atoms with E-state index in [0.717, 1.165) is 6.54 Å². The summed E-state index contributed by atoms with van der Waals surface area (Å²) in [5.41, 5.74) is 2.72. The van der Waals surface area contributed by atoms with E-state index >= 15 is 0 Å². The van der Waals surface area contributed by atoms with E-state index in [9.17, 15) is 0 Å². The van der Waals surface area contributed by atoms with Crippen LogP contribution in [0.1, 0.15) is 43.0 Å². The highest BCUT2D eigenvalue weighted by molar-refractivity contribution is 5.27. The number of hydrogen-bond donors (Lipinski definition) is 1. The molecular weight excluding hydrogens is 222 g/mol.